The summed E-state index contributed by atoms with van der Waals surface area (Å²) in [6, 6.07) is 0. The zero-order valence-corrected chi connectivity index (χ0v) is 7.48. The molecule has 0 aromatic carbocycles. The van der Waals surface area contributed by atoms with Gasteiger partial charge in [-0.3, -0.25) is 4.79 Å². The molecule has 66 valence electrons. The average Bonchev–Trinajstić information content (AvgIpc) is 1.87. The van der Waals surface area contributed by atoms with Crippen molar-refractivity contribution >= 4 is 5.91 Å². The summed E-state index contributed by atoms with van der Waals surface area (Å²) in [5.41, 5.74) is -0.986. The lowest BCUT2D eigenvalue weighted by atomic mass is 10.1. The maximum atomic E-state index is 10.6. The molecule has 0 rings (SSSR count). The average molecular weight is 159 g/mol. The van der Waals surface area contributed by atoms with Gasteiger partial charge in [0, 0.05) is 6.92 Å². The number of hydrogen-bond acceptors (Lipinski definition) is 2. The predicted molar refractivity (Wildman–Crippen MR) is 44.0 cm³/mol. The normalized spacial score (nSPS) is 15.6. The molecule has 11 heavy (non-hydrogen) atoms. The van der Waals surface area contributed by atoms with Crippen LogP contribution in [0, 0.1) is 0 Å². The Labute approximate surface area is 67.8 Å². The highest BCUT2D eigenvalue weighted by molar-refractivity contribution is 5.73. The zero-order chi connectivity index (χ0) is 8.91. The van der Waals surface area contributed by atoms with Gasteiger partial charge in [0.25, 0.3) is 0 Å². The number of carbonyl (C=O) groups excluding carboxylic acids is 1. The largest absolute Gasteiger partial charge is 0.371 e. The van der Waals surface area contributed by atoms with E-state index in [1.807, 2.05) is 13.8 Å². The molecular formula is C8H17NO2. The van der Waals surface area contributed by atoms with E-state index in [9.17, 15) is 9.90 Å². The first kappa shape index (κ1) is 10.4. The van der Waals surface area contributed by atoms with Crippen molar-refractivity contribution in [1.29, 1.82) is 0 Å². The standard InChI is InChI=1S/C8H17NO2/c1-4-6-8(11,5-2)9-7(3)10/h11H,4-6H2,1-3H3,(H,9,10). The third-order valence-electron chi connectivity index (χ3n) is 1.66. The van der Waals surface area contributed by atoms with Crippen molar-refractivity contribution in [3.05, 3.63) is 0 Å². The minimum absolute atomic E-state index is 0.178. The summed E-state index contributed by atoms with van der Waals surface area (Å²) in [7, 11) is 0. The highest BCUT2D eigenvalue weighted by Crippen LogP contribution is 2.12. The van der Waals surface area contributed by atoms with E-state index in [2.05, 4.69) is 5.32 Å². The third-order valence-corrected chi connectivity index (χ3v) is 1.66. The maximum Gasteiger partial charge on any atom is 0.219 e. The van der Waals surface area contributed by atoms with Crippen molar-refractivity contribution in [2.45, 2.75) is 45.8 Å². The molecule has 0 saturated heterocycles. The molecule has 3 nitrogen and oxygen atoms in total. The van der Waals surface area contributed by atoms with Crippen LogP contribution < -0.4 is 5.32 Å². The fraction of sp³-hybridized carbons (Fsp3) is 0.875. The summed E-state index contributed by atoms with van der Waals surface area (Å²) in [6.07, 6.45) is 2.04. The molecule has 0 radical (unpaired) electrons. The summed E-state index contributed by atoms with van der Waals surface area (Å²) < 4.78 is 0. The topological polar surface area (TPSA) is 49.3 Å². The highest BCUT2D eigenvalue weighted by atomic mass is 16.3. The maximum absolute atomic E-state index is 10.6. The first-order valence-corrected chi connectivity index (χ1v) is 4.05. The molecule has 0 aliphatic rings. The Balaban J connectivity index is 3.98. The number of aliphatic hydroxyl groups is 1. The zero-order valence-electron chi connectivity index (χ0n) is 7.48. The molecule has 1 atom stereocenters. The Morgan fingerprint density at radius 3 is 2.36 bits per heavy atom. The van der Waals surface area contributed by atoms with Crippen LogP contribution in [0.5, 0.6) is 0 Å². The van der Waals surface area contributed by atoms with E-state index in [0.717, 1.165) is 6.42 Å². The second-order valence-corrected chi connectivity index (χ2v) is 2.82. The molecule has 0 aliphatic carbocycles. The SMILES string of the molecule is CCCC(O)(CC)NC(C)=O. The summed E-state index contributed by atoms with van der Waals surface area (Å²) in [4.78, 5) is 10.6. The van der Waals surface area contributed by atoms with E-state index in [1.165, 1.54) is 6.92 Å². The first-order chi connectivity index (χ1) is 5.04. The van der Waals surface area contributed by atoms with E-state index in [0.29, 0.717) is 12.8 Å². The van der Waals surface area contributed by atoms with Gasteiger partial charge in [-0.05, 0) is 12.8 Å². The second kappa shape index (κ2) is 4.34. The molecule has 0 aromatic heterocycles. The Bertz CT molecular complexity index is 136. The fourth-order valence-corrected chi connectivity index (χ4v) is 1.07. The van der Waals surface area contributed by atoms with E-state index in [-0.39, 0.29) is 5.91 Å². The van der Waals surface area contributed by atoms with Gasteiger partial charge >= 0.3 is 0 Å². The number of amides is 1. The molecule has 0 aliphatic heterocycles. The van der Waals surface area contributed by atoms with E-state index in [1.54, 1.807) is 0 Å². The molecule has 1 amide bonds. The number of rotatable bonds is 4. The summed E-state index contributed by atoms with van der Waals surface area (Å²) >= 11 is 0. The van der Waals surface area contributed by atoms with Gasteiger partial charge in [0.15, 0.2) is 0 Å². The van der Waals surface area contributed by atoms with Gasteiger partial charge in [0.2, 0.25) is 5.91 Å². The van der Waals surface area contributed by atoms with Crippen LogP contribution in [0.3, 0.4) is 0 Å². The predicted octanol–water partition coefficient (Wildman–Crippen LogP) is 1.02. The molecule has 1 unspecified atom stereocenters. The molecule has 0 fully saturated rings. The minimum atomic E-state index is -0.986. The van der Waals surface area contributed by atoms with Crippen molar-refractivity contribution in [3.63, 3.8) is 0 Å². The van der Waals surface area contributed by atoms with Gasteiger partial charge < -0.3 is 10.4 Å². The van der Waals surface area contributed by atoms with Crippen LogP contribution in [0.4, 0.5) is 0 Å². The first-order valence-electron chi connectivity index (χ1n) is 4.05. The molecule has 0 spiro atoms. The van der Waals surface area contributed by atoms with Crippen molar-refractivity contribution in [1.82, 2.24) is 5.32 Å². The third kappa shape index (κ3) is 3.98. The van der Waals surface area contributed by atoms with Crippen LogP contribution in [-0.2, 0) is 4.79 Å². The van der Waals surface area contributed by atoms with Gasteiger partial charge in [-0.25, -0.2) is 0 Å². The highest BCUT2D eigenvalue weighted by Gasteiger charge is 2.23. The van der Waals surface area contributed by atoms with E-state index in [4.69, 9.17) is 0 Å². The molecule has 0 heterocycles. The number of nitrogens with one attached hydrogen (secondary N) is 1. The molecule has 0 aromatic rings. The van der Waals surface area contributed by atoms with Crippen molar-refractivity contribution in [2.75, 3.05) is 0 Å². The van der Waals surface area contributed by atoms with Crippen LogP contribution in [-0.4, -0.2) is 16.7 Å². The smallest absolute Gasteiger partial charge is 0.219 e. The molecule has 0 saturated carbocycles. The van der Waals surface area contributed by atoms with E-state index >= 15 is 0 Å². The lowest BCUT2D eigenvalue weighted by molar-refractivity contribution is -0.127. The summed E-state index contributed by atoms with van der Waals surface area (Å²) in [5, 5.41) is 12.2. The van der Waals surface area contributed by atoms with Crippen molar-refractivity contribution in [2.24, 2.45) is 0 Å². The van der Waals surface area contributed by atoms with Gasteiger partial charge in [0.05, 0.1) is 0 Å². The van der Waals surface area contributed by atoms with Crippen molar-refractivity contribution in [3.8, 4) is 0 Å². The van der Waals surface area contributed by atoms with E-state index < -0.39 is 5.72 Å². The Kier molecular flexibility index (Phi) is 4.11. The Morgan fingerprint density at radius 1 is 1.55 bits per heavy atom. The Hall–Kier alpha value is -0.570. The van der Waals surface area contributed by atoms with Gasteiger partial charge in [-0.15, -0.1) is 0 Å². The molecular weight excluding hydrogens is 142 g/mol. The molecule has 3 heteroatoms. The van der Waals surface area contributed by atoms with Gasteiger partial charge in [0.1, 0.15) is 5.72 Å². The van der Waals surface area contributed by atoms with Crippen molar-refractivity contribution < 1.29 is 9.90 Å². The van der Waals surface area contributed by atoms with Gasteiger partial charge in [-0.2, -0.15) is 0 Å². The number of hydrogen-bond donors (Lipinski definition) is 2. The Morgan fingerprint density at radius 2 is 2.09 bits per heavy atom. The minimum Gasteiger partial charge on any atom is -0.371 e. The second-order valence-electron chi connectivity index (χ2n) is 2.82. The monoisotopic (exact) mass is 159 g/mol. The van der Waals surface area contributed by atoms with Crippen LogP contribution in [0.2, 0.25) is 0 Å². The number of carbonyl (C=O) groups is 1. The quantitative estimate of drug-likeness (QED) is 0.602. The van der Waals surface area contributed by atoms with Crippen LogP contribution >= 0.6 is 0 Å². The fourth-order valence-electron chi connectivity index (χ4n) is 1.07. The van der Waals surface area contributed by atoms with Crippen LogP contribution in [0.25, 0.3) is 0 Å². The van der Waals surface area contributed by atoms with Crippen LogP contribution in [0.15, 0.2) is 0 Å². The molecule has 0 bridgehead atoms. The lowest BCUT2D eigenvalue weighted by Gasteiger charge is -2.26. The van der Waals surface area contributed by atoms with Gasteiger partial charge in [-0.1, -0.05) is 20.3 Å². The lowest BCUT2D eigenvalue weighted by Crippen LogP contribution is -2.46. The summed E-state index contributed by atoms with van der Waals surface area (Å²) in [5.74, 6) is -0.178. The summed E-state index contributed by atoms with van der Waals surface area (Å²) in [6.45, 7) is 5.24. The molecule has 2 N–H and O–H groups in total. The van der Waals surface area contributed by atoms with Crippen LogP contribution in [0.1, 0.15) is 40.0 Å².